The first-order valence-corrected chi connectivity index (χ1v) is 18.6. The van der Waals surface area contributed by atoms with Gasteiger partial charge in [0.05, 0.1) is 25.6 Å². The number of phosphoric ester groups is 2. The number of aliphatic hydroxyl groups excluding tert-OH is 5. The molecule has 11 atom stereocenters. The zero-order valence-corrected chi connectivity index (χ0v) is 29.5. The van der Waals surface area contributed by atoms with Gasteiger partial charge < -0.3 is 65.3 Å². The van der Waals surface area contributed by atoms with Gasteiger partial charge in [-0.1, -0.05) is 0 Å². The van der Waals surface area contributed by atoms with Crippen molar-refractivity contribution in [3.8, 4) is 0 Å². The molecule has 52 heavy (non-hydrogen) atoms. The highest BCUT2D eigenvalue weighted by Gasteiger charge is 2.49. The predicted octanol–water partition coefficient (Wildman–Crippen LogP) is -3.51. The van der Waals surface area contributed by atoms with Crippen LogP contribution in [0.25, 0.3) is 11.2 Å². The lowest BCUT2D eigenvalue weighted by Crippen LogP contribution is -2.46. The lowest BCUT2D eigenvalue weighted by molar-refractivity contribution is -0.765. The van der Waals surface area contributed by atoms with Crippen LogP contribution in [-0.2, 0) is 32.0 Å². The highest BCUT2D eigenvalue weighted by Crippen LogP contribution is 2.58. The third-order valence-corrected chi connectivity index (χ3v) is 10.7. The third kappa shape index (κ3) is 9.52. The average Bonchev–Trinajstić information content (AvgIpc) is 3.73. The number of nitrogens with one attached hydrogen (secondary N) is 1. The minimum absolute atomic E-state index is 0.0554. The van der Waals surface area contributed by atoms with E-state index in [4.69, 9.17) is 19.7 Å². The number of aromatic nitrogens is 5. The number of nitrogens with two attached hydrogens (primary N) is 1. The van der Waals surface area contributed by atoms with Crippen molar-refractivity contribution in [2.24, 2.45) is 5.73 Å². The van der Waals surface area contributed by atoms with E-state index in [1.807, 2.05) is 19.0 Å². The minimum Gasteiger partial charge on any atom is -0.756 e. The number of carbonyl (C=O) groups excluding carboxylic acids is 1. The van der Waals surface area contributed by atoms with E-state index in [0.29, 0.717) is 13.0 Å². The summed E-state index contributed by atoms with van der Waals surface area (Å²) in [5.41, 5.74) is 5.74. The van der Waals surface area contributed by atoms with Crippen molar-refractivity contribution in [1.29, 1.82) is 0 Å². The number of hydrogen-bond acceptors (Lipinski definition) is 19. The van der Waals surface area contributed by atoms with E-state index in [1.165, 1.54) is 46.3 Å². The minimum atomic E-state index is -5.65. The summed E-state index contributed by atoms with van der Waals surface area (Å²) in [5.74, 6) is -0.497. The molecule has 0 bridgehead atoms. The molecular formula is C27H40N8O15P2. The number of anilines is 1. The molecule has 2 saturated heterocycles. The van der Waals surface area contributed by atoms with Gasteiger partial charge in [-0.15, -0.1) is 0 Å². The van der Waals surface area contributed by atoms with E-state index < -0.39 is 89.9 Å². The molecule has 0 aliphatic carbocycles. The number of aliphatic hydroxyl groups is 5. The second-order valence-electron chi connectivity index (χ2n) is 12.3. The van der Waals surface area contributed by atoms with Crippen LogP contribution in [0.3, 0.4) is 0 Å². The quantitative estimate of drug-likeness (QED) is 0.0487. The number of fused-ring (bicyclic) bond motifs is 1. The van der Waals surface area contributed by atoms with E-state index in [9.17, 15) is 49.2 Å². The zero-order chi connectivity index (χ0) is 38.0. The summed E-state index contributed by atoms with van der Waals surface area (Å²) in [4.78, 5) is 48.5. The van der Waals surface area contributed by atoms with Crippen LogP contribution in [0.1, 0.15) is 29.2 Å². The molecule has 5 rings (SSSR count). The molecule has 0 radical (unpaired) electrons. The molecule has 0 aromatic carbocycles. The largest absolute Gasteiger partial charge is 0.756 e. The fourth-order valence-corrected chi connectivity index (χ4v) is 7.46. The third-order valence-electron chi connectivity index (χ3n) is 8.12. The number of nitrogens with zero attached hydrogens (tertiary/aromatic N) is 6. The molecular weight excluding hydrogens is 738 g/mol. The highest BCUT2D eigenvalue weighted by atomic mass is 31.3. The Balaban J connectivity index is 1.15. The van der Waals surface area contributed by atoms with Crippen molar-refractivity contribution in [3.63, 3.8) is 0 Å². The van der Waals surface area contributed by atoms with E-state index >= 15 is 0 Å². The maximum Gasteiger partial charge on any atom is 0.478 e. The van der Waals surface area contributed by atoms with E-state index in [0.717, 1.165) is 0 Å². The van der Waals surface area contributed by atoms with Crippen LogP contribution >= 0.6 is 15.6 Å². The Bertz CT molecular complexity index is 1800. The van der Waals surface area contributed by atoms with Crippen molar-refractivity contribution in [2.45, 2.75) is 61.6 Å². The molecule has 9 N–H and O–H groups in total. The molecule has 1 amide bonds. The van der Waals surface area contributed by atoms with Crippen molar-refractivity contribution in [1.82, 2.24) is 24.4 Å². The topological polar surface area (TPSA) is 331 Å². The summed E-state index contributed by atoms with van der Waals surface area (Å²) in [5, 5.41) is 55.4. The summed E-state index contributed by atoms with van der Waals surface area (Å²) < 4.78 is 52.2. The van der Waals surface area contributed by atoms with Gasteiger partial charge in [0.1, 0.15) is 42.4 Å². The molecule has 2 aliphatic rings. The molecule has 23 nitrogen and oxygen atoms in total. The molecule has 25 heteroatoms. The molecule has 2 fully saturated rings. The van der Waals surface area contributed by atoms with Crippen LogP contribution in [0, 0.1) is 0 Å². The maximum atomic E-state index is 12.6. The first-order valence-electron chi connectivity index (χ1n) is 15.7. The molecule has 2 aliphatic heterocycles. The summed E-state index contributed by atoms with van der Waals surface area (Å²) in [6.45, 7) is -1.10. The number of pyridine rings is 1. The van der Waals surface area contributed by atoms with E-state index in [1.54, 1.807) is 0 Å². The van der Waals surface area contributed by atoms with Gasteiger partial charge >= 0.3 is 7.82 Å². The van der Waals surface area contributed by atoms with E-state index in [-0.39, 0.29) is 29.1 Å². The second kappa shape index (κ2) is 16.5. The van der Waals surface area contributed by atoms with Gasteiger partial charge in [0.15, 0.2) is 41.7 Å². The number of rotatable bonds is 17. The number of hydrogen-bond donors (Lipinski definition) is 8. The lowest BCUT2D eigenvalue weighted by atomic mass is 10.1. The Kier molecular flexibility index (Phi) is 12.7. The van der Waals surface area contributed by atoms with Crippen molar-refractivity contribution in [2.75, 3.05) is 45.7 Å². The van der Waals surface area contributed by atoms with Crippen molar-refractivity contribution < 1.29 is 76.6 Å². The molecule has 5 heterocycles. The van der Waals surface area contributed by atoms with Crippen LogP contribution in [0.15, 0.2) is 37.2 Å². The molecule has 288 valence electrons. The van der Waals surface area contributed by atoms with Gasteiger partial charge in [0.25, 0.3) is 20.0 Å². The SMILES string of the molecule is CN(C)CCC(O)CNc1ncnc2c1ncn2[C@H]1O[C@@H](COP(=O)(O)OP(=O)([O-])OC[C@H]2O[C@@H]([n+]3cccc(C(N)=O)c3)[C@@H](O)C2O)[C@@H](O)C1O. The highest BCUT2D eigenvalue weighted by molar-refractivity contribution is 7.60. The predicted molar refractivity (Wildman–Crippen MR) is 170 cm³/mol. The number of amides is 1. The molecule has 3 aromatic heterocycles. The number of primary amides is 1. The smallest absolute Gasteiger partial charge is 0.478 e. The summed E-state index contributed by atoms with van der Waals surface area (Å²) >= 11 is 0. The van der Waals surface area contributed by atoms with Crippen LogP contribution in [0.4, 0.5) is 5.82 Å². The van der Waals surface area contributed by atoms with Gasteiger partial charge in [-0.3, -0.25) is 18.5 Å². The maximum absolute atomic E-state index is 12.6. The van der Waals surface area contributed by atoms with Gasteiger partial charge in [-0.05, 0) is 26.6 Å². The molecule has 5 unspecified atom stereocenters. The average molecular weight is 779 g/mol. The summed E-state index contributed by atoms with van der Waals surface area (Å²) in [6.07, 6.45) is -7.31. The van der Waals surface area contributed by atoms with Crippen LogP contribution in [0.2, 0.25) is 0 Å². The first kappa shape index (κ1) is 40.1. The number of carbonyl (C=O) groups is 1. The Hall–Kier alpha value is -3.09. The Morgan fingerprint density at radius 1 is 1.10 bits per heavy atom. The number of phosphoric acid groups is 2. The fourth-order valence-electron chi connectivity index (χ4n) is 5.40. The van der Waals surface area contributed by atoms with Crippen LogP contribution in [0.5, 0.6) is 0 Å². The molecule has 0 spiro atoms. The number of imidazole rings is 1. The monoisotopic (exact) mass is 778 g/mol. The van der Waals surface area contributed by atoms with Gasteiger partial charge in [-0.25, -0.2) is 23.8 Å². The molecule has 0 saturated carbocycles. The summed E-state index contributed by atoms with van der Waals surface area (Å²) in [6, 6.07) is 2.82. The van der Waals surface area contributed by atoms with E-state index in [2.05, 4.69) is 29.1 Å². The molecule has 3 aromatic rings. The normalized spacial score (nSPS) is 29.3. The summed E-state index contributed by atoms with van der Waals surface area (Å²) in [7, 11) is -7.36. The van der Waals surface area contributed by atoms with Gasteiger partial charge in [-0.2, -0.15) is 4.57 Å². The van der Waals surface area contributed by atoms with Crippen LogP contribution < -0.4 is 20.5 Å². The lowest BCUT2D eigenvalue weighted by Gasteiger charge is -2.26. The zero-order valence-electron chi connectivity index (χ0n) is 27.7. The second-order valence-corrected chi connectivity index (χ2v) is 15.3. The Labute approximate surface area is 295 Å². The number of ether oxygens (including phenoxy) is 2. The van der Waals surface area contributed by atoms with Crippen molar-refractivity contribution in [3.05, 3.63) is 42.7 Å². The fraction of sp³-hybridized carbons (Fsp3) is 0.593. The van der Waals surface area contributed by atoms with Crippen molar-refractivity contribution >= 4 is 38.5 Å². The van der Waals surface area contributed by atoms with Gasteiger partial charge in [0.2, 0.25) is 0 Å². The standard InChI is InChI=1S/C27H40N8O15P2/c1-33(2)7-5-15(36)8-29-24-18-25(31-12-30-24)35(13-32-18)27-22(40)20(38)17(49-27)11-47-52(44,45)50-51(42,43)46-10-16-19(37)21(39)26(48-16)34-6-3-4-14(9-34)23(28)41/h3-4,6,9,12-13,15-17,19-22,26-27,36-40H,5,7-8,10-11H2,1-2H3,(H4-,28,29,30,31,41,42,43,44,45)/t15?,16-,17+,19?,20-,21+,22?,26-,27+/m1/s1. The Morgan fingerprint density at radius 3 is 2.50 bits per heavy atom. The van der Waals surface area contributed by atoms with Crippen LogP contribution in [-0.4, -0.2) is 144 Å². The first-order chi connectivity index (χ1) is 24.5. The Morgan fingerprint density at radius 2 is 1.79 bits per heavy atom. The van der Waals surface area contributed by atoms with Gasteiger partial charge in [0, 0.05) is 19.2 Å².